The average molecular weight is 224 g/mol. The fourth-order valence-electron chi connectivity index (χ4n) is 1.17. The lowest BCUT2D eigenvalue weighted by Crippen LogP contribution is -2.32. The molecule has 0 bridgehead atoms. The van der Waals surface area contributed by atoms with Crippen molar-refractivity contribution in [1.82, 2.24) is 10.3 Å². The van der Waals surface area contributed by atoms with Gasteiger partial charge in [-0.05, 0) is 6.07 Å². The molecule has 0 fully saturated rings. The maximum absolute atomic E-state index is 10.9. The molecule has 0 radical (unpaired) electrons. The summed E-state index contributed by atoms with van der Waals surface area (Å²) in [5.74, 6) is -1.17. The molecule has 0 aromatic carbocycles. The van der Waals surface area contributed by atoms with Gasteiger partial charge in [0.1, 0.15) is 0 Å². The molecule has 0 spiro atoms. The molecule has 0 saturated carbocycles. The van der Waals surface area contributed by atoms with Gasteiger partial charge in [-0.2, -0.15) is 0 Å². The van der Waals surface area contributed by atoms with Gasteiger partial charge >= 0.3 is 5.97 Å². The van der Waals surface area contributed by atoms with Crippen molar-refractivity contribution < 1.29 is 19.4 Å². The highest BCUT2D eigenvalue weighted by molar-refractivity contribution is 5.83. The minimum atomic E-state index is -1.14. The van der Waals surface area contributed by atoms with E-state index in [9.17, 15) is 9.59 Å². The number of rotatable bonds is 4. The Morgan fingerprint density at radius 1 is 1.50 bits per heavy atom. The Balaban J connectivity index is 2.92. The molecular weight excluding hydrogens is 212 g/mol. The van der Waals surface area contributed by atoms with Gasteiger partial charge < -0.3 is 15.2 Å². The zero-order chi connectivity index (χ0) is 12.1. The summed E-state index contributed by atoms with van der Waals surface area (Å²) < 4.78 is 4.84. The first-order valence-electron chi connectivity index (χ1n) is 4.54. The Morgan fingerprint density at radius 3 is 2.56 bits per heavy atom. The van der Waals surface area contributed by atoms with Crippen LogP contribution in [0.1, 0.15) is 18.5 Å². The van der Waals surface area contributed by atoms with Crippen LogP contribution < -0.4 is 10.1 Å². The predicted octanol–water partition coefficient (Wildman–Crippen LogP) is 0.352. The van der Waals surface area contributed by atoms with Crippen molar-refractivity contribution in [3.05, 3.63) is 23.9 Å². The Hall–Kier alpha value is -2.11. The molecule has 16 heavy (non-hydrogen) atoms. The van der Waals surface area contributed by atoms with Crippen LogP contribution in [0.2, 0.25) is 0 Å². The molecule has 1 aromatic heterocycles. The van der Waals surface area contributed by atoms with Crippen molar-refractivity contribution in [1.29, 1.82) is 0 Å². The number of ether oxygens (including phenoxy) is 1. The first-order valence-corrected chi connectivity index (χ1v) is 4.54. The van der Waals surface area contributed by atoms with Crippen LogP contribution in [0.3, 0.4) is 0 Å². The third-order valence-corrected chi connectivity index (χ3v) is 1.90. The number of hydrogen-bond donors (Lipinski definition) is 2. The van der Waals surface area contributed by atoms with Gasteiger partial charge in [-0.15, -0.1) is 0 Å². The first kappa shape index (κ1) is 12.0. The zero-order valence-electron chi connectivity index (χ0n) is 8.93. The Bertz CT molecular complexity index is 388. The molecule has 1 rings (SSSR count). The highest BCUT2D eigenvalue weighted by Gasteiger charge is 2.20. The molecule has 1 aromatic rings. The lowest BCUT2D eigenvalue weighted by atomic mass is 10.1. The molecule has 0 saturated heterocycles. The number of aromatic nitrogens is 1. The first-order chi connectivity index (χ1) is 7.54. The van der Waals surface area contributed by atoms with E-state index in [-0.39, 0.29) is 0 Å². The molecule has 0 aliphatic rings. The number of aliphatic carboxylic acids is 1. The Morgan fingerprint density at radius 2 is 2.19 bits per heavy atom. The van der Waals surface area contributed by atoms with Gasteiger partial charge in [0, 0.05) is 24.8 Å². The van der Waals surface area contributed by atoms with Crippen molar-refractivity contribution in [3.63, 3.8) is 0 Å². The minimum absolute atomic E-state index is 0.385. The third-order valence-electron chi connectivity index (χ3n) is 1.90. The van der Waals surface area contributed by atoms with E-state index in [0.717, 1.165) is 0 Å². The van der Waals surface area contributed by atoms with E-state index in [4.69, 9.17) is 9.84 Å². The summed E-state index contributed by atoms with van der Waals surface area (Å²) in [4.78, 5) is 25.6. The van der Waals surface area contributed by atoms with Crippen LogP contribution in [0.5, 0.6) is 5.88 Å². The van der Waals surface area contributed by atoms with Crippen molar-refractivity contribution >= 4 is 11.9 Å². The van der Waals surface area contributed by atoms with Crippen molar-refractivity contribution in [3.8, 4) is 5.88 Å². The Kier molecular flexibility index (Phi) is 3.82. The smallest absolute Gasteiger partial charge is 0.330 e. The molecular formula is C10H12N2O4. The lowest BCUT2D eigenvalue weighted by molar-refractivity contribution is -0.141. The van der Waals surface area contributed by atoms with Crippen LogP contribution >= 0.6 is 0 Å². The normalized spacial score (nSPS) is 11.6. The number of carbonyl (C=O) groups is 2. The summed E-state index contributed by atoms with van der Waals surface area (Å²) in [7, 11) is 1.46. The second-order valence-corrected chi connectivity index (χ2v) is 3.11. The SMILES string of the molecule is COc1ccc(C(NC(C)=O)C(=O)O)cn1. The van der Waals surface area contributed by atoms with Gasteiger partial charge in [-0.1, -0.05) is 0 Å². The summed E-state index contributed by atoms with van der Waals surface area (Å²) in [6, 6.07) is 1.99. The number of carbonyl (C=O) groups excluding carboxylic acids is 1. The molecule has 1 unspecified atom stereocenters. The van der Waals surface area contributed by atoms with E-state index < -0.39 is 17.9 Å². The van der Waals surface area contributed by atoms with E-state index in [2.05, 4.69) is 10.3 Å². The van der Waals surface area contributed by atoms with Crippen molar-refractivity contribution in [2.75, 3.05) is 7.11 Å². The maximum atomic E-state index is 10.9. The molecule has 2 N–H and O–H groups in total. The highest BCUT2D eigenvalue weighted by Crippen LogP contribution is 2.15. The number of amides is 1. The number of nitrogens with zero attached hydrogens (tertiary/aromatic N) is 1. The molecule has 0 aliphatic heterocycles. The van der Waals surface area contributed by atoms with Gasteiger partial charge in [-0.3, -0.25) is 4.79 Å². The average Bonchev–Trinajstić information content (AvgIpc) is 2.25. The van der Waals surface area contributed by atoms with Crippen LogP contribution in [0.15, 0.2) is 18.3 Å². The number of nitrogens with one attached hydrogen (secondary N) is 1. The second-order valence-electron chi connectivity index (χ2n) is 3.11. The fraction of sp³-hybridized carbons (Fsp3) is 0.300. The lowest BCUT2D eigenvalue weighted by Gasteiger charge is -2.13. The number of methoxy groups -OCH3 is 1. The summed E-state index contributed by atoms with van der Waals surface area (Å²) in [5.41, 5.74) is 0.392. The number of pyridine rings is 1. The van der Waals surface area contributed by atoms with E-state index in [1.807, 2.05) is 0 Å². The van der Waals surface area contributed by atoms with Crippen molar-refractivity contribution in [2.45, 2.75) is 13.0 Å². The summed E-state index contributed by atoms with van der Waals surface area (Å²) in [6.07, 6.45) is 1.35. The quantitative estimate of drug-likeness (QED) is 0.770. The molecule has 86 valence electrons. The summed E-state index contributed by atoms with van der Waals surface area (Å²) >= 11 is 0. The topological polar surface area (TPSA) is 88.5 Å². The van der Waals surface area contributed by atoms with Crippen LogP contribution in [0.4, 0.5) is 0 Å². The van der Waals surface area contributed by atoms with E-state index >= 15 is 0 Å². The molecule has 6 nitrogen and oxygen atoms in total. The minimum Gasteiger partial charge on any atom is -0.481 e. The predicted molar refractivity (Wildman–Crippen MR) is 55.0 cm³/mol. The van der Waals surface area contributed by atoms with Gasteiger partial charge in [-0.25, -0.2) is 9.78 Å². The van der Waals surface area contributed by atoms with Crippen LogP contribution in [0.25, 0.3) is 0 Å². The van der Waals surface area contributed by atoms with Crippen molar-refractivity contribution in [2.24, 2.45) is 0 Å². The number of carboxylic acids is 1. The standard InChI is InChI=1S/C10H12N2O4/c1-6(13)12-9(10(14)15)7-3-4-8(16-2)11-5-7/h3-5,9H,1-2H3,(H,12,13)(H,14,15). The van der Waals surface area contributed by atoms with Crippen LogP contribution in [-0.2, 0) is 9.59 Å². The number of hydrogen-bond acceptors (Lipinski definition) is 4. The summed E-state index contributed by atoms with van der Waals surface area (Å²) in [6.45, 7) is 1.26. The number of carboxylic acid groups (broad SMARTS) is 1. The van der Waals surface area contributed by atoms with Gasteiger partial charge in [0.25, 0.3) is 0 Å². The van der Waals surface area contributed by atoms with E-state index in [1.165, 1.54) is 26.3 Å². The van der Waals surface area contributed by atoms with Gasteiger partial charge in [0.2, 0.25) is 11.8 Å². The molecule has 0 aliphatic carbocycles. The maximum Gasteiger partial charge on any atom is 0.330 e. The third kappa shape index (κ3) is 2.94. The summed E-state index contributed by atoms with van der Waals surface area (Å²) in [5, 5.41) is 11.2. The monoisotopic (exact) mass is 224 g/mol. The van der Waals surface area contributed by atoms with E-state index in [1.54, 1.807) is 6.07 Å². The molecule has 1 amide bonds. The molecule has 1 heterocycles. The fourth-order valence-corrected chi connectivity index (χ4v) is 1.17. The van der Waals surface area contributed by atoms with Gasteiger partial charge in [0.15, 0.2) is 6.04 Å². The molecule has 1 atom stereocenters. The van der Waals surface area contributed by atoms with E-state index in [0.29, 0.717) is 11.4 Å². The van der Waals surface area contributed by atoms with Crippen LogP contribution in [0, 0.1) is 0 Å². The molecule has 6 heteroatoms. The Labute approximate surface area is 92.3 Å². The highest BCUT2D eigenvalue weighted by atomic mass is 16.5. The van der Waals surface area contributed by atoms with Crippen LogP contribution in [-0.4, -0.2) is 29.1 Å². The second kappa shape index (κ2) is 5.11. The zero-order valence-corrected chi connectivity index (χ0v) is 8.93. The largest absolute Gasteiger partial charge is 0.481 e. The van der Waals surface area contributed by atoms with Gasteiger partial charge in [0.05, 0.1) is 7.11 Å².